The first-order chi connectivity index (χ1) is 11.1. The number of nitrogen functional groups attached to an aromatic ring is 1. The van der Waals surface area contributed by atoms with Gasteiger partial charge in [-0.1, -0.05) is 24.3 Å². The van der Waals surface area contributed by atoms with E-state index in [1.54, 1.807) is 24.3 Å². The van der Waals surface area contributed by atoms with Gasteiger partial charge in [-0.25, -0.2) is 0 Å². The van der Waals surface area contributed by atoms with Gasteiger partial charge < -0.3 is 11.5 Å². The molecule has 0 fully saturated rings. The van der Waals surface area contributed by atoms with Crippen LogP contribution in [0.1, 0.15) is 15.9 Å². The van der Waals surface area contributed by atoms with Gasteiger partial charge in [0.05, 0.1) is 17.2 Å². The fourth-order valence-electron chi connectivity index (χ4n) is 2.43. The number of carbonyl (C=O) groups excluding carboxylic acids is 1. The molecule has 3 rings (SSSR count). The zero-order chi connectivity index (χ0) is 16.4. The number of nitriles is 1. The first-order valence-electron chi connectivity index (χ1n) is 6.88. The number of rotatable bonds is 3. The molecule has 0 aliphatic carbocycles. The van der Waals surface area contributed by atoms with Crippen LogP contribution in [0.25, 0.3) is 21.6 Å². The Kier molecular flexibility index (Phi) is 3.83. The Labute approximate surface area is 137 Å². The number of thiophene rings is 1. The lowest BCUT2D eigenvalue weighted by Gasteiger charge is -2.07. The molecule has 0 aliphatic heterocycles. The molecule has 0 spiro atoms. The summed E-state index contributed by atoms with van der Waals surface area (Å²) in [6.07, 6.45) is 0. The van der Waals surface area contributed by atoms with Crippen molar-refractivity contribution in [1.29, 1.82) is 5.26 Å². The van der Waals surface area contributed by atoms with E-state index in [1.165, 1.54) is 11.3 Å². The van der Waals surface area contributed by atoms with Crippen molar-refractivity contribution in [2.24, 2.45) is 5.73 Å². The summed E-state index contributed by atoms with van der Waals surface area (Å²) in [5, 5.41) is 11.1. The largest absolute Gasteiger partial charge is 0.399 e. The fraction of sp³-hybridized carbons (Fsp3) is 0. The van der Waals surface area contributed by atoms with E-state index in [1.807, 2.05) is 29.6 Å². The molecule has 4 N–H and O–H groups in total. The summed E-state index contributed by atoms with van der Waals surface area (Å²) >= 11 is 1.47. The molecular weight excluding hydrogens is 306 g/mol. The predicted molar refractivity (Wildman–Crippen MR) is 92.8 cm³/mol. The summed E-state index contributed by atoms with van der Waals surface area (Å²) in [5.74, 6) is -0.437. The Hall–Kier alpha value is -3.10. The second-order valence-electron chi connectivity index (χ2n) is 5.02. The van der Waals surface area contributed by atoms with Crippen LogP contribution in [0.2, 0.25) is 0 Å². The maximum atomic E-state index is 11.4. The van der Waals surface area contributed by atoms with Gasteiger partial charge in [-0.2, -0.15) is 5.26 Å². The van der Waals surface area contributed by atoms with Crippen LogP contribution in [0.3, 0.4) is 0 Å². The van der Waals surface area contributed by atoms with Gasteiger partial charge in [0.25, 0.3) is 0 Å². The van der Waals surface area contributed by atoms with E-state index in [2.05, 4.69) is 6.07 Å². The number of nitrogens with zero attached hydrogens (tertiary/aromatic N) is 1. The van der Waals surface area contributed by atoms with Gasteiger partial charge in [0.2, 0.25) is 5.91 Å². The Morgan fingerprint density at radius 2 is 1.74 bits per heavy atom. The van der Waals surface area contributed by atoms with Crippen molar-refractivity contribution in [3.05, 3.63) is 65.0 Å². The van der Waals surface area contributed by atoms with Gasteiger partial charge in [-0.15, -0.1) is 11.3 Å². The molecule has 23 heavy (non-hydrogen) atoms. The third-order valence-corrected chi connectivity index (χ3v) is 4.52. The third kappa shape index (κ3) is 2.80. The fourth-order valence-corrected chi connectivity index (χ4v) is 3.33. The third-order valence-electron chi connectivity index (χ3n) is 3.55. The van der Waals surface area contributed by atoms with E-state index in [0.717, 1.165) is 21.6 Å². The van der Waals surface area contributed by atoms with Crippen molar-refractivity contribution >= 4 is 22.9 Å². The second-order valence-corrected chi connectivity index (χ2v) is 5.94. The quantitative estimate of drug-likeness (QED) is 0.722. The van der Waals surface area contributed by atoms with E-state index in [-0.39, 0.29) is 0 Å². The highest BCUT2D eigenvalue weighted by molar-refractivity contribution is 7.14. The Bertz CT molecular complexity index is 920. The predicted octanol–water partition coefficient (Wildman–Crippen LogP) is 3.63. The number of carbonyl (C=O) groups is 1. The average molecular weight is 319 g/mol. The van der Waals surface area contributed by atoms with E-state index < -0.39 is 5.91 Å². The topological polar surface area (TPSA) is 92.9 Å². The van der Waals surface area contributed by atoms with Crippen LogP contribution in [-0.4, -0.2) is 5.91 Å². The summed E-state index contributed by atoms with van der Waals surface area (Å²) < 4.78 is 0. The monoisotopic (exact) mass is 319 g/mol. The van der Waals surface area contributed by atoms with Crippen LogP contribution in [0, 0.1) is 11.3 Å². The standard InChI is InChI=1S/C18H13N3OS/c19-10-13-5-6-14(20)9-16(13)11-1-3-12(4-2-11)17-15(18(21)22)7-8-23-17/h1-9H,20H2,(H2,21,22). The SMILES string of the molecule is N#Cc1ccc(N)cc1-c1ccc(-c2sccc2C(N)=O)cc1. The molecule has 0 radical (unpaired) electrons. The molecule has 0 bridgehead atoms. The number of hydrogen-bond donors (Lipinski definition) is 2. The normalized spacial score (nSPS) is 10.2. The minimum atomic E-state index is -0.437. The van der Waals surface area contributed by atoms with Gasteiger partial charge >= 0.3 is 0 Å². The van der Waals surface area contributed by atoms with Gasteiger partial charge in [0, 0.05) is 16.1 Å². The Morgan fingerprint density at radius 1 is 1.04 bits per heavy atom. The molecule has 3 aromatic rings. The van der Waals surface area contributed by atoms with Crippen LogP contribution >= 0.6 is 11.3 Å². The van der Waals surface area contributed by atoms with Crippen LogP contribution < -0.4 is 11.5 Å². The zero-order valence-corrected chi connectivity index (χ0v) is 12.9. The minimum Gasteiger partial charge on any atom is -0.399 e. The summed E-state index contributed by atoms with van der Waals surface area (Å²) in [6, 6.07) is 16.8. The number of hydrogen-bond acceptors (Lipinski definition) is 4. The van der Waals surface area contributed by atoms with Crippen LogP contribution in [-0.2, 0) is 0 Å². The minimum absolute atomic E-state index is 0.437. The Balaban J connectivity index is 2.04. The molecule has 5 heteroatoms. The molecule has 2 aromatic carbocycles. The summed E-state index contributed by atoms with van der Waals surface area (Å²) in [4.78, 5) is 12.3. The number of primary amides is 1. The molecule has 0 saturated carbocycles. The summed E-state index contributed by atoms with van der Waals surface area (Å²) in [5.41, 5.74) is 15.5. The molecule has 1 amide bonds. The van der Waals surface area contributed by atoms with Crippen molar-refractivity contribution in [3.63, 3.8) is 0 Å². The zero-order valence-electron chi connectivity index (χ0n) is 12.1. The maximum Gasteiger partial charge on any atom is 0.250 e. The van der Waals surface area contributed by atoms with Crippen molar-refractivity contribution < 1.29 is 4.79 Å². The average Bonchev–Trinajstić information content (AvgIpc) is 3.05. The molecular formula is C18H13N3OS. The highest BCUT2D eigenvalue weighted by Crippen LogP contribution is 2.32. The van der Waals surface area contributed by atoms with Crippen molar-refractivity contribution in [1.82, 2.24) is 0 Å². The molecule has 0 aliphatic rings. The molecule has 112 valence electrons. The smallest absolute Gasteiger partial charge is 0.250 e. The first kappa shape index (κ1) is 14.8. The van der Waals surface area contributed by atoms with Gasteiger partial charge in [-0.3, -0.25) is 4.79 Å². The molecule has 1 aromatic heterocycles. The highest BCUT2D eigenvalue weighted by Gasteiger charge is 2.12. The van der Waals surface area contributed by atoms with E-state index in [9.17, 15) is 10.1 Å². The molecule has 1 heterocycles. The number of nitrogens with two attached hydrogens (primary N) is 2. The van der Waals surface area contributed by atoms with Gasteiger partial charge in [0.1, 0.15) is 0 Å². The molecule has 0 saturated heterocycles. The molecule has 4 nitrogen and oxygen atoms in total. The highest BCUT2D eigenvalue weighted by atomic mass is 32.1. The van der Waals surface area contributed by atoms with Crippen LogP contribution in [0.5, 0.6) is 0 Å². The lowest BCUT2D eigenvalue weighted by atomic mass is 9.98. The van der Waals surface area contributed by atoms with Crippen molar-refractivity contribution in [3.8, 4) is 27.6 Å². The number of benzene rings is 2. The Morgan fingerprint density at radius 3 is 2.39 bits per heavy atom. The van der Waals surface area contributed by atoms with Crippen molar-refractivity contribution in [2.45, 2.75) is 0 Å². The van der Waals surface area contributed by atoms with E-state index in [0.29, 0.717) is 16.8 Å². The maximum absolute atomic E-state index is 11.4. The van der Waals surface area contributed by atoms with Gasteiger partial charge in [-0.05, 0) is 40.8 Å². The second kappa shape index (κ2) is 5.95. The first-order valence-corrected chi connectivity index (χ1v) is 7.76. The molecule has 0 atom stereocenters. The lowest BCUT2D eigenvalue weighted by Crippen LogP contribution is -2.10. The van der Waals surface area contributed by atoms with Crippen molar-refractivity contribution in [2.75, 3.05) is 5.73 Å². The van der Waals surface area contributed by atoms with E-state index in [4.69, 9.17) is 11.5 Å². The number of anilines is 1. The molecule has 0 unspecified atom stereocenters. The van der Waals surface area contributed by atoms with Crippen LogP contribution in [0.4, 0.5) is 5.69 Å². The summed E-state index contributed by atoms with van der Waals surface area (Å²) in [6.45, 7) is 0. The van der Waals surface area contributed by atoms with E-state index >= 15 is 0 Å². The van der Waals surface area contributed by atoms with Gasteiger partial charge in [0.15, 0.2) is 0 Å². The lowest BCUT2D eigenvalue weighted by molar-refractivity contribution is 0.100. The van der Waals surface area contributed by atoms with Crippen LogP contribution in [0.15, 0.2) is 53.9 Å². The summed E-state index contributed by atoms with van der Waals surface area (Å²) in [7, 11) is 0. The number of amides is 1.